The van der Waals surface area contributed by atoms with Crippen LogP contribution in [0.25, 0.3) is 10.9 Å². The van der Waals surface area contributed by atoms with E-state index in [1.54, 1.807) is 12.4 Å². The third kappa shape index (κ3) is 4.13. The minimum Gasteiger partial charge on any atom is -0.339 e. The van der Waals surface area contributed by atoms with Crippen LogP contribution in [0.5, 0.6) is 0 Å². The minimum atomic E-state index is 0.0445. The van der Waals surface area contributed by atoms with Crippen LogP contribution >= 0.6 is 0 Å². The lowest BCUT2D eigenvalue weighted by Crippen LogP contribution is -2.32. The van der Waals surface area contributed by atoms with E-state index >= 15 is 0 Å². The normalized spacial score (nSPS) is 17.7. The number of aromatic nitrogens is 3. The van der Waals surface area contributed by atoms with Gasteiger partial charge in [-0.05, 0) is 56.2 Å². The Morgan fingerprint density at radius 1 is 1.07 bits per heavy atom. The number of pyridine rings is 1. The van der Waals surface area contributed by atoms with Crippen molar-refractivity contribution in [1.29, 1.82) is 0 Å². The van der Waals surface area contributed by atoms with Crippen molar-refractivity contribution in [3.63, 3.8) is 0 Å². The quantitative estimate of drug-likeness (QED) is 0.712. The van der Waals surface area contributed by atoms with Gasteiger partial charge in [-0.1, -0.05) is 18.2 Å². The number of hydrogen-bond acceptors (Lipinski definition) is 4. The van der Waals surface area contributed by atoms with E-state index in [2.05, 4.69) is 33.2 Å². The lowest BCUT2D eigenvalue weighted by atomic mass is 9.93. The molecular weight excluding hydrogens is 336 g/mol. The summed E-state index contributed by atoms with van der Waals surface area (Å²) in [4.78, 5) is 27.5. The van der Waals surface area contributed by atoms with Gasteiger partial charge < -0.3 is 4.90 Å². The van der Waals surface area contributed by atoms with Crippen LogP contribution < -0.4 is 0 Å². The Hall–Kier alpha value is -2.82. The second kappa shape index (κ2) is 7.82. The van der Waals surface area contributed by atoms with Crippen molar-refractivity contribution in [2.45, 2.75) is 32.6 Å². The molecule has 0 spiro atoms. The molecule has 0 radical (unpaired) electrons. The van der Waals surface area contributed by atoms with Crippen LogP contribution in [0.2, 0.25) is 0 Å². The summed E-state index contributed by atoms with van der Waals surface area (Å²) < 4.78 is 0. The van der Waals surface area contributed by atoms with Crippen LogP contribution in [0.1, 0.15) is 41.0 Å². The van der Waals surface area contributed by atoms with E-state index in [0.29, 0.717) is 17.3 Å². The molecule has 138 valence electrons. The molecule has 0 bridgehead atoms. The number of nitrogens with zero attached hydrogens (tertiary/aromatic N) is 4. The first kappa shape index (κ1) is 17.6. The number of likely N-dealkylation sites (tertiary alicyclic amines) is 1. The largest absolute Gasteiger partial charge is 0.339 e. The van der Waals surface area contributed by atoms with E-state index in [0.717, 1.165) is 44.3 Å². The summed E-state index contributed by atoms with van der Waals surface area (Å²) in [5.74, 6) is 1.31. The lowest BCUT2D eigenvalue weighted by molar-refractivity contribution is 0.0759. The average Bonchev–Trinajstić information content (AvgIpc) is 2.93. The number of benzene rings is 1. The first-order valence-corrected chi connectivity index (χ1v) is 9.60. The molecule has 3 heterocycles. The number of carbonyl (C=O) groups excluding carboxylic acids is 1. The molecule has 1 aliphatic rings. The van der Waals surface area contributed by atoms with Crippen molar-refractivity contribution in [3.05, 3.63) is 65.9 Å². The molecule has 3 aromatic rings. The highest BCUT2D eigenvalue weighted by Gasteiger charge is 2.22. The monoisotopic (exact) mass is 360 g/mol. The van der Waals surface area contributed by atoms with Crippen LogP contribution in [0.15, 0.2) is 48.9 Å². The molecule has 1 saturated heterocycles. The highest BCUT2D eigenvalue weighted by molar-refractivity contribution is 5.93. The number of fused-ring (bicyclic) bond motifs is 1. The molecule has 1 fully saturated rings. The fourth-order valence-corrected chi connectivity index (χ4v) is 3.82. The maximum atomic E-state index is 12.7. The van der Waals surface area contributed by atoms with Crippen LogP contribution in [-0.4, -0.2) is 38.8 Å². The summed E-state index contributed by atoms with van der Waals surface area (Å²) in [5.41, 5.74) is 2.90. The van der Waals surface area contributed by atoms with Gasteiger partial charge in [0.1, 0.15) is 5.82 Å². The van der Waals surface area contributed by atoms with Gasteiger partial charge in [-0.25, -0.2) is 9.97 Å². The minimum absolute atomic E-state index is 0.0445. The second-order valence-corrected chi connectivity index (χ2v) is 7.35. The van der Waals surface area contributed by atoms with E-state index < -0.39 is 0 Å². The molecule has 1 amide bonds. The summed E-state index contributed by atoms with van der Waals surface area (Å²) in [7, 11) is 0. The first-order chi connectivity index (χ1) is 13.2. The van der Waals surface area contributed by atoms with E-state index in [9.17, 15) is 4.79 Å². The average molecular weight is 360 g/mol. The first-order valence-electron chi connectivity index (χ1n) is 9.60. The van der Waals surface area contributed by atoms with Crippen molar-refractivity contribution in [2.24, 2.45) is 5.92 Å². The predicted octanol–water partition coefficient (Wildman–Crippen LogP) is 3.82. The van der Waals surface area contributed by atoms with Crippen LogP contribution in [0.3, 0.4) is 0 Å². The Bertz CT molecular complexity index is 938. The number of amides is 1. The summed E-state index contributed by atoms with van der Waals surface area (Å²) in [5, 5.41) is 1.19. The molecule has 2 aromatic heterocycles. The zero-order chi connectivity index (χ0) is 18.6. The molecule has 5 nitrogen and oxygen atoms in total. The van der Waals surface area contributed by atoms with Gasteiger partial charge in [0.25, 0.3) is 5.91 Å². The van der Waals surface area contributed by atoms with Crippen molar-refractivity contribution in [3.8, 4) is 0 Å². The zero-order valence-electron chi connectivity index (χ0n) is 15.6. The van der Waals surface area contributed by atoms with Gasteiger partial charge in [0.2, 0.25) is 0 Å². The number of carbonyl (C=O) groups is 1. The van der Waals surface area contributed by atoms with Gasteiger partial charge in [0.05, 0.1) is 11.1 Å². The Morgan fingerprint density at radius 2 is 1.89 bits per heavy atom. The van der Waals surface area contributed by atoms with Gasteiger partial charge >= 0.3 is 0 Å². The van der Waals surface area contributed by atoms with E-state index in [1.165, 1.54) is 10.9 Å². The van der Waals surface area contributed by atoms with Gasteiger partial charge in [-0.15, -0.1) is 0 Å². The van der Waals surface area contributed by atoms with E-state index in [4.69, 9.17) is 0 Å². The highest BCUT2D eigenvalue weighted by Crippen LogP contribution is 2.24. The van der Waals surface area contributed by atoms with Crippen molar-refractivity contribution in [1.82, 2.24) is 19.9 Å². The fraction of sp³-hybridized carbons (Fsp3) is 0.364. The summed E-state index contributed by atoms with van der Waals surface area (Å²) in [6.07, 6.45) is 9.48. The van der Waals surface area contributed by atoms with Crippen LogP contribution in [0, 0.1) is 12.8 Å². The highest BCUT2D eigenvalue weighted by atomic mass is 16.2. The Labute approximate surface area is 159 Å². The Kier molecular flexibility index (Phi) is 5.10. The van der Waals surface area contributed by atoms with Gasteiger partial charge in [-0.3, -0.25) is 9.78 Å². The molecular formula is C22H24N4O. The van der Waals surface area contributed by atoms with Crippen molar-refractivity contribution in [2.75, 3.05) is 13.1 Å². The Morgan fingerprint density at radius 3 is 2.74 bits per heavy atom. The number of hydrogen-bond donors (Lipinski definition) is 0. The molecule has 1 atom stereocenters. The Balaban J connectivity index is 1.40. The van der Waals surface area contributed by atoms with E-state index in [-0.39, 0.29) is 5.91 Å². The maximum Gasteiger partial charge on any atom is 0.256 e. The molecule has 0 saturated carbocycles. The topological polar surface area (TPSA) is 59.0 Å². The van der Waals surface area contributed by atoms with Crippen molar-refractivity contribution >= 4 is 16.8 Å². The molecule has 4 rings (SSSR count). The van der Waals surface area contributed by atoms with Gasteiger partial charge in [0.15, 0.2) is 0 Å². The maximum absolute atomic E-state index is 12.7. The number of rotatable bonds is 3. The fourth-order valence-electron chi connectivity index (χ4n) is 3.82. The van der Waals surface area contributed by atoms with Crippen LogP contribution in [-0.2, 0) is 6.42 Å². The molecule has 5 heteroatoms. The second-order valence-electron chi connectivity index (χ2n) is 7.35. The molecule has 0 unspecified atom stereocenters. The van der Waals surface area contributed by atoms with E-state index in [1.807, 2.05) is 30.2 Å². The molecule has 1 aromatic carbocycles. The summed E-state index contributed by atoms with van der Waals surface area (Å²) >= 11 is 0. The molecule has 27 heavy (non-hydrogen) atoms. The zero-order valence-corrected chi connectivity index (χ0v) is 15.6. The molecule has 0 N–H and O–H groups in total. The smallest absolute Gasteiger partial charge is 0.256 e. The van der Waals surface area contributed by atoms with Crippen molar-refractivity contribution < 1.29 is 4.79 Å². The third-order valence-electron chi connectivity index (χ3n) is 5.33. The standard InChI is InChI=1S/C22H24N4O/c1-16-23-14-20(15-24-16)22(27)26-9-4-5-17(8-10-26)11-18-12-19-6-2-3-7-21(19)25-13-18/h2-3,6-7,12-15,17H,4-5,8-11H2,1H3/t17-/m0/s1. The SMILES string of the molecule is Cc1ncc(C(=O)N2CCC[C@H](Cc3cnc4ccccc4c3)CC2)cn1. The van der Waals surface area contributed by atoms with Gasteiger partial charge in [0, 0.05) is 37.1 Å². The predicted molar refractivity (Wildman–Crippen MR) is 105 cm³/mol. The third-order valence-corrected chi connectivity index (χ3v) is 5.33. The lowest BCUT2D eigenvalue weighted by Gasteiger charge is -2.20. The molecule has 0 aliphatic carbocycles. The summed E-state index contributed by atoms with van der Waals surface area (Å²) in [6.45, 7) is 3.42. The number of para-hydroxylation sites is 1. The number of aryl methyl sites for hydroxylation is 1. The van der Waals surface area contributed by atoms with Gasteiger partial charge in [-0.2, -0.15) is 0 Å². The summed E-state index contributed by atoms with van der Waals surface area (Å²) in [6, 6.07) is 10.5. The molecule has 1 aliphatic heterocycles. The van der Waals surface area contributed by atoms with Crippen LogP contribution in [0.4, 0.5) is 0 Å².